The van der Waals surface area contributed by atoms with E-state index in [9.17, 15) is 9.90 Å². The van der Waals surface area contributed by atoms with Crippen LogP contribution in [0, 0.1) is 6.92 Å². The van der Waals surface area contributed by atoms with Gasteiger partial charge in [-0.1, -0.05) is 35.9 Å². The molecule has 0 spiro atoms. The Balaban J connectivity index is 2.12. The third kappa shape index (κ3) is 3.35. The Morgan fingerprint density at radius 1 is 1.16 bits per heavy atom. The van der Waals surface area contributed by atoms with Gasteiger partial charge in [-0.3, -0.25) is 4.79 Å². The van der Waals surface area contributed by atoms with Gasteiger partial charge in [0.05, 0.1) is 6.42 Å². The number of amides is 1. The highest BCUT2D eigenvalue weighted by molar-refractivity contribution is 5.94. The SMILES string of the molecule is Cc1cccc(CC(=O)N(C)c2cccc(O)c2)c1. The molecule has 2 aromatic rings. The van der Waals surface area contributed by atoms with Crippen molar-refractivity contribution in [3.63, 3.8) is 0 Å². The molecule has 3 nitrogen and oxygen atoms in total. The van der Waals surface area contributed by atoms with Gasteiger partial charge >= 0.3 is 0 Å². The van der Waals surface area contributed by atoms with Crippen LogP contribution in [0.25, 0.3) is 0 Å². The molecule has 0 heterocycles. The molecule has 2 rings (SSSR count). The summed E-state index contributed by atoms with van der Waals surface area (Å²) in [5, 5.41) is 9.43. The Bertz CT molecular complexity index is 593. The van der Waals surface area contributed by atoms with E-state index >= 15 is 0 Å². The molecular formula is C16H17NO2. The summed E-state index contributed by atoms with van der Waals surface area (Å²) in [7, 11) is 1.72. The van der Waals surface area contributed by atoms with Crippen molar-refractivity contribution < 1.29 is 9.90 Å². The van der Waals surface area contributed by atoms with Gasteiger partial charge < -0.3 is 10.0 Å². The third-order valence-corrected chi connectivity index (χ3v) is 3.03. The largest absolute Gasteiger partial charge is 0.508 e. The Kier molecular flexibility index (Phi) is 3.85. The molecule has 0 aliphatic carbocycles. The molecule has 0 aliphatic rings. The van der Waals surface area contributed by atoms with Crippen molar-refractivity contribution in [2.45, 2.75) is 13.3 Å². The van der Waals surface area contributed by atoms with Crippen molar-refractivity contribution in [3.8, 4) is 5.75 Å². The van der Waals surface area contributed by atoms with Crippen LogP contribution in [0.15, 0.2) is 48.5 Å². The lowest BCUT2D eigenvalue weighted by Gasteiger charge is -2.17. The van der Waals surface area contributed by atoms with E-state index in [2.05, 4.69) is 0 Å². The van der Waals surface area contributed by atoms with Crippen LogP contribution in [0.5, 0.6) is 5.75 Å². The lowest BCUT2D eigenvalue weighted by atomic mass is 10.1. The molecule has 0 atom stereocenters. The molecule has 0 unspecified atom stereocenters. The van der Waals surface area contributed by atoms with Crippen molar-refractivity contribution in [1.82, 2.24) is 0 Å². The molecule has 0 radical (unpaired) electrons. The van der Waals surface area contributed by atoms with Crippen molar-refractivity contribution in [2.24, 2.45) is 0 Å². The van der Waals surface area contributed by atoms with Crippen molar-refractivity contribution in [3.05, 3.63) is 59.7 Å². The fourth-order valence-corrected chi connectivity index (χ4v) is 1.96. The molecule has 0 aromatic heterocycles. The number of hydrogen-bond acceptors (Lipinski definition) is 2. The van der Waals surface area contributed by atoms with E-state index in [4.69, 9.17) is 0 Å². The quantitative estimate of drug-likeness (QED) is 0.916. The number of carbonyl (C=O) groups is 1. The maximum absolute atomic E-state index is 12.2. The number of rotatable bonds is 3. The number of phenols is 1. The summed E-state index contributed by atoms with van der Waals surface area (Å²) < 4.78 is 0. The highest BCUT2D eigenvalue weighted by atomic mass is 16.3. The number of nitrogens with zero attached hydrogens (tertiary/aromatic N) is 1. The Labute approximate surface area is 113 Å². The smallest absolute Gasteiger partial charge is 0.231 e. The molecule has 0 saturated carbocycles. The van der Waals surface area contributed by atoms with Gasteiger partial charge in [0.25, 0.3) is 0 Å². The van der Waals surface area contributed by atoms with Gasteiger partial charge in [0.2, 0.25) is 5.91 Å². The second-order valence-corrected chi connectivity index (χ2v) is 4.64. The summed E-state index contributed by atoms with van der Waals surface area (Å²) >= 11 is 0. The fourth-order valence-electron chi connectivity index (χ4n) is 1.96. The summed E-state index contributed by atoms with van der Waals surface area (Å²) in [4.78, 5) is 13.7. The highest BCUT2D eigenvalue weighted by Gasteiger charge is 2.12. The van der Waals surface area contributed by atoms with Gasteiger partial charge in [0.15, 0.2) is 0 Å². The Morgan fingerprint density at radius 3 is 2.58 bits per heavy atom. The normalized spacial score (nSPS) is 10.2. The Hall–Kier alpha value is -2.29. The highest BCUT2D eigenvalue weighted by Crippen LogP contribution is 2.19. The van der Waals surface area contributed by atoms with Gasteiger partial charge in [0, 0.05) is 18.8 Å². The second-order valence-electron chi connectivity index (χ2n) is 4.64. The first-order valence-electron chi connectivity index (χ1n) is 6.17. The molecule has 98 valence electrons. The first-order chi connectivity index (χ1) is 9.06. The lowest BCUT2D eigenvalue weighted by Crippen LogP contribution is -2.27. The van der Waals surface area contributed by atoms with E-state index in [0.29, 0.717) is 12.1 Å². The maximum Gasteiger partial charge on any atom is 0.231 e. The van der Waals surface area contributed by atoms with Crippen LogP contribution in [0.3, 0.4) is 0 Å². The number of carbonyl (C=O) groups excluding carboxylic acids is 1. The molecule has 0 fully saturated rings. The van der Waals surface area contributed by atoms with E-state index in [0.717, 1.165) is 11.1 Å². The van der Waals surface area contributed by atoms with Crippen LogP contribution in [0.2, 0.25) is 0 Å². The molecule has 1 N–H and O–H groups in total. The predicted molar refractivity (Wildman–Crippen MR) is 76.4 cm³/mol. The lowest BCUT2D eigenvalue weighted by molar-refractivity contribution is -0.117. The molecule has 0 aliphatic heterocycles. The fraction of sp³-hybridized carbons (Fsp3) is 0.188. The summed E-state index contributed by atoms with van der Waals surface area (Å²) in [6.45, 7) is 2.01. The number of anilines is 1. The molecule has 2 aromatic carbocycles. The van der Waals surface area contributed by atoms with Crippen LogP contribution in [-0.2, 0) is 11.2 Å². The molecule has 19 heavy (non-hydrogen) atoms. The number of likely N-dealkylation sites (N-methyl/N-ethyl adjacent to an activating group) is 1. The summed E-state index contributed by atoms with van der Waals surface area (Å²) in [6.07, 6.45) is 0.355. The number of aryl methyl sites for hydroxylation is 1. The van der Waals surface area contributed by atoms with Crippen LogP contribution >= 0.6 is 0 Å². The second kappa shape index (κ2) is 5.57. The number of hydrogen-bond donors (Lipinski definition) is 1. The number of aromatic hydroxyl groups is 1. The van der Waals surface area contributed by atoms with E-state index in [-0.39, 0.29) is 11.7 Å². The minimum atomic E-state index is -0.00352. The molecule has 3 heteroatoms. The monoisotopic (exact) mass is 255 g/mol. The summed E-state index contributed by atoms with van der Waals surface area (Å²) in [6, 6.07) is 14.6. The molecule has 1 amide bonds. The first kappa shape index (κ1) is 13.1. The van der Waals surface area contributed by atoms with E-state index in [1.165, 1.54) is 0 Å². The van der Waals surface area contributed by atoms with Gasteiger partial charge in [-0.2, -0.15) is 0 Å². The first-order valence-corrected chi connectivity index (χ1v) is 6.17. The third-order valence-electron chi connectivity index (χ3n) is 3.03. The van der Waals surface area contributed by atoms with Crippen molar-refractivity contribution >= 4 is 11.6 Å². The minimum absolute atomic E-state index is 0.00352. The van der Waals surface area contributed by atoms with Gasteiger partial charge in [-0.15, -0.1) is 0 Å². The standard InChI is InChI=1S/C16H17NO2/c1-12-5-3-6-13(9-12)10-16(19)17(2)14-7-4-8-15(18)11-14/h3-9,11,18H,10H2,1-2H3. The Morgan fingerprint density at radius 2 is 1.89 bits per heavy atom. The topological polar surface area (TPSA) is 40.5 Å². The zero-order valence-electron chi connectivity index (χ0n) is 11.1. The summed E-state index contributed by atoms with van der Waals surface area (Å²) in [5.74, 6) is 0.156. The van der Waals surface area contributed by atoms with Crippen LogP contribution in [0.1, 0.15) is 11.1 Å². The zero-order chi connectivity index (χ0) is 13.8. The van der Waals surface area contributed by atoms with E-state index < -0.39 is 0 Å². The molecule has 0 saturated heterocycles. The van der Waals surface area contributed by atoms with Gasteiger partial charge in [-0.25, -0.2) is 0 Å². The minimum Gasteiger partial charge on any atom is -0.508 e. The summed E-state index contributed by atoms with van der Waals surface area (Å²) in [5.41, 5.74) is 2.83. The van der Waals surface area contributed by atoms with Crippen LogP contribution in [0.4, 0.5) is 5.69 Å². The van der Waals surface area contributed by atoms with E-state index in [1.54, 1.807) is 36.2 Å². The molecule has 0 bridgehead atoms. The van der Waals surface area contributed by atoms with Gasteiger partial charge in [0.1, 0.15) is 5.75 Å². The zero-order valence-corrected chi connectivity index (χ0v) is 11.1. The van der Waals surface area contributed by atoms with Crippen LogP contribution in [-0.4, -0.2) is 18.1 Å². The van der Waals surface area contributed by atoms with Crippen molar-refractivity contribution in [1.29, 1.82) is 0 Å². The van der Waals surface area contributed by atoms with Gasteiger partial charge in [-0.05, 0) is 24.6 Å². The average Bonchev–Trinajstić information content (AvgIpc) is 2.38. The number of phenolic OH excluding ortho intramolecular Hbond substituents is 1. The molecular weight excluding hydrogens is 238 g/mol. The van der Waals surface area contributed by atoms with Crippen molar-refractivity contribution in [2.75, 3.05) is 11.9 Å². The predicted octanol–water partition coefficient (Wildman–Crippen LogP) is 2.91. The maximum atomic E-state index is 12.2. The average molecular weight is 255 g/mol. The number of benzene rings is 2. The van der Waals surface area contributed by atoms with Crippen LogP contribution < -0.4 is 4.90 Å². The van der Waals surface area contributed by atoms with E-state index in [1.807, 2.05) is 31.2 Å².